The molecular weight excluding hydrogens is 436 g/mol. The molecule has 11 nitrogen and oxygen atoms in total. The topological polar surface area (TPSA) is 142 Å². The van der Waals surface area contributed by atoms with Gasteiger partial charge in [0.15, 0.2) is 0 Å². The maximum Gasteiger partial charge on any atom is 0.352 e. The molecule has 2 aliphatic heterocycles. The molecule has 2 aliphatic rings. The van der Waals surface area contributed by atoms with E-state index in [1.54, 1.807) is 28.8 Å². The van der Waals surface area contributed by atoms with Crippen LogP contribution in [0.1, 0.15) is 0 Å². The predicted molar refractivity (Wildman–Crippen MR) is 111 cm³/mol. The number of aryl methyl sites for hydroxylation is 1. The van der Waals surface area contributed by atoms with Gasteiger partial charge in [-0.1, -0.05) is 11.8 Å². The highest BCUT2D eigenvalue weighted by atomic mass is 32.2. The molecule has 14 heteroatoms. The van der Waals surface area contributed by atoms with Crippen LogP contribution in [-0.2, 0) is 16.1 Å². The van der Waals surface area contributed by atoms with Crippen LogP contribution < -0.4 is 5.32 Å². The molecule has 0 aliphatic carbocycles. The third kappa shape index (κ3) is 3.96. The zero-order valence-electron chi connectivity index (χ0n) is 15.3. The molecule has 2 aromatic heterocycles. The van der Waals surface area contributed by atoms with Crippen LogP contribution in [0.5, 0.6) is 0 Å². The lowest BCUT2D eigenvalue weighted by Gasteiger charge is -2.49. The van der Waals surface area contributed by atoms with E-state index in [0.29, 0.717) is 34.7 Å². The molecule has 0 spiro atoms. The number of imidazole rings is 1. The Labute approximate surface area is 178 Å². The average molecular weight is 455 g/mol. The fraction of sp³-hybridized carbons (Fsp3) is 0.467. The molecule has 1 fully saturated rings. The van der Waals surface area contributed by atoms with Gasteiger partial charge in [-0.2, -0.15) is 11.8 Å². The quantitative estimate of drug-likeness (QED) is 0.362. The summed E-state index contributed by atoms with van der Waals surface area (Å²) in [7, 11) is 0. The number of tetrazole rings is 1. The third-order valence-corrected chi connectivity index (χ3v) is 7.40. The molecule has 4 rings (SSSR count). The number of anilines is 1. The highest BCUT2D eigenvalue weighted by Gasteiger charge is 2.53. The lowest BCUT2D eigenvalue weighted by molar-refractivity contribution is -0.147. The van der Waals surface area contributed by atoms with Crippen molar-refractivity contribution in [3.05, 3.63) is 23.7 Å². The second kappa shape index (κ2) is 8.67. The zero-order chi connectivity index (χ0) is 20.4. The summed E-state index contributed by atoms with van der Waals surface area (Å²) in [6.45, 7) is 0.683. The summed E-state index contributed by atoms with van der Waals surface area (Å²) in [5, 5.41) is 24.8. The van der Waals surface area contributed by atoms with Crippen molar-refractivity contribution in [2.24, 2.45) is 0 Å². The maximum atomic E-state index is 12.7. The molecule has 0 radical (unpaired) electrons. The minimum Gasteiger partial charge on any atom is -0.477 e. The highest BCUT2D eigenvalue weighted by Crippen LogP contribution is 2.42. The Morgan fingerprint density at radius 3 is 3.10 bits per heavy atom. The van der Waals surface area contributed by atoms with Gasteiger partial charge in [0.2, 0.25) is 11.1 Å². The van der Waals surface area contributed by atoms with Gasteiger partial charge in [-0.15, -0.1) is 16.9 Å². The first-order valence-corrected chi connectivity index (χ1v) is 12.1. The fourth-order valence-electron chi connectivity index (χ4n) is 3.06. The summed E-state index contributed by atoms with van der Waals surface area (Å²) in [5.74, 6) is 0.919. The first-order valence-electron chi connectivity index (χ1n) is 8.64. The van der Waals surface area contributed by atoms with Crippen molar-refractivity contribution in [2.75, 3.05) is 28.8 Å². The van der Waals surface area contributed by atoms with E-state index in [-0.39, 0.29) is 17.0 Å². The van der Waals surface area contributed by atoms with E-state index in [2.05, 4.69) is 30.8 Å². The molecule has 2 atom stereocenters. The molecule has 1 unspecified atom stereocenters. The summed E-state index contributed by atoms with van der Waals surface area (Å²) in [4.78, 5) is 32.9. The van der Waals surface area contributed by atoms with Crippen molar-refractivity contribution < 1.29 is 14.7 Å². The van der Waals surface area contributed by atoms with Crippen molar-refractivity contribution in [3.8, 4) is 0 Å². The van der Waals surface area contributed by atoms with E-state index >= 15 is 0 Å². The molecule has 3 N–H and O–H groups in total. The number of hydrogen-bond acceptors (Lipinski definition) is 10. The van der Waals surface area contributed by atoms with E-state index in [0.717, 1.165) is 5.75 Å². The Hall–Kier alpha value is -2.19. The first kappa shape index (κ1) is 20.1. The number of carbonyl (C=O) groups excluding carboxylic acids is 1. The van der Waals surface area contributed by atoms with E-state index in [1.165, 1.54) is 28.4 Å². The number of amides is 1. The molecule has 1 amide bonds. The Morgan fingerprint density at radius 2 is 2.38 bits per heavy atom. The fourth-order valence-corrected chi connectivity index (χ4v) is 5.80. The molecule has 0 aromatic carbocycles. The number of rotatable bonds is 9. The van der Waals surface area contributed by atoms with Crippen molar-refractivity contribution in [2.45, 2.75) is 23.1 Å². The highest BCUT2D eigenvalue weighted by molar-refractivity contribution is 8.01. The number of nitrogens with zero attached hydrogens (tertiary/aromatic N) is 6. The number of carboxylic acid groups (broad SMARTS) is 1. The number of carbonyl (C=O) groups is 2. The number of β-lactam (4-membered cyclic amide) rings is 1. The maximum absolute atomic E-state index is 12.7. The number of aliphatic carboxylic acids is 1. The number of fused-ring (bicyclic) bond motifs is 1. The van der Waals surface area contributed by atoms with Crippen molar-refractivity contribution in [1.82, 2.24) is 35.1 Å². The molecule has 1 saturated heterocycles. The molecule has 29 heavy (non-hydrogen) atoms. The second-order valence-electron chi connectivity index (χ2n) is 6.19. The van der Waals surface area contributed by atoms with Crippen LogP contribution in [0.4, 0.5) is 5.95 Å². The normalized spacial score (nSPS) is 21.1. The van der Waals surface area contributed by atoms with Crippen LogP contribution in [-0.4, -0.2) is 87.0 Å². The number of hydrogen-bond donors (Lipinski definition) is 3. The molecule has 4 heterocycles. The monoisotopic (exact) mass is 454 g/mol. The van der Waals surface area contributed by atoms with Gasteiger partial charge in [-0.05, 0) is 22.3 Å². The molecule has 0 saturated carbocycles. The lowest BCUT2D eigenvalue weighted by Crippen LogP contribution is -2.67. The van der Waals surface area contributed by atoms with E-state index in [1.807, 2.05) is 6.26 Å². The average Bonchev–Trinajstić information content (AvgIpc) is 3.39. The number of carboxylic acids is 1. The van der Waals surface area contributed by atoms with Crippen LogP contribution in [0, 0.1) is 0 Å². The minimum atomic E-state index is -1.10. The standard InChI is InChI=1S/C15H18N8O3S3/c1-27-5-4-22-15(19-20-21-22)29-7-8-6-28-12-9(18-14-16-2-3-17-14)11(24)23(12)10(8)13(25)26/h2-3,9,12H,4-7H2,1H3,(H,25,26)(H2,16,17,18)/t9?,12-/m0/s1. The Morgan fingerprint density at radius 1 is 1.52 bits per heavy atom. The van der Waals surface area contributed by atoms with Crippen molar-refractivity contribution >= 4 is 53.1 Å². The zero-order valence-corrected chi connectivity index (χ0v) is 17.8. The van der Waals surface area contributed by atoms with Crippen LogP contribution in [0.25, 0.3) is 0 Å². The van der Waals surface area contributed by atoms with Gasteiger partial charge < -0.3 is 15.4 Å². The van der Waals surface area contributed by atoms with Crippen LogP contribution >= 0.6 is 35.3 Å². The number of aromatic nitrogens is 6. The summed E-state index contributed by atoms with van der Waals surface area (Å²) in [5.41, 5.74) is 0.750. The van der Waals surface area contributed by atoms with Gasteiger partial charge >= 0.3 is 5.97 Å². The molecule has 2 aromatic rings. The Bertz CT molecular complexity index is 931. The van der Waals surface area contributed by atoms with Gasteiger partial charge in [-0.3, -0.25) is 9.69 Å². The Balaban J connectivity index is 1.47. The van der Waals surface area contributed by atoms with Crippen molar-refractivity contribution in [3.63, 3.8) is 0 Å². The lowest BCUT2D eigenvalue weighted by atomic mass is 10.0. The molecule has 0 bridgehead atoms. The van der Waals surface area contributed by atoms with Crippen LogP contribution in [0.3, 0.4) is 0 Å². The number of aromatic amines is 1. The van der Waals surface area contributed by atoms with E-state index in [4.69, 9.17) is 0 Å². The van der Waals surface area contributed by atoms with Gasteiger partial charge in [0, 0.05) is 29.7 Å². The number of H-pyrrole nitrogens is 1. The Kier molecular flexibility index (Phi) is 6.01. The third-order valence-electron chi connectivity index (χ3n) is 4.42. The molecular formula is C15H18N8O3S3. The largest absolute Gasteiger partial charge is 0.477 e. The summed E-state index contributed by atoms with van der Waals surface area (Å²) in [6, 6.07) is -0.506. The number of nitrogens with one attached hydrogen (secondary N) is 2. The van der Waals surface area contributed by atoms with Gasteiger partial charge in [0.05, 0.1) is 6.54 Å². The van der Waals surface area contributed by atoms with Crippen molar-refractivity contribution in [1.29, 1.82) is 0 Å². The van der Waals surface area contributed by atoms with E-state index < -0.39 is 12.0 Å². The summed E-state index contributed by atoms with van der Waals surface area (Å²) in [6.07, 6.45) is 5.25. The molecule has 154 valence electrons. The minimum absolute atomic E-state index is 0.0619. The van der Waals surface area contributed by atoms with Crippen LogP contribution in [0.15, 0.2) is 28.8 Å². The second-order valence-corrected chi connectivity index (χ2v) is 9.23. The van der Waals surface area contributed by atoms with Gasteiger partial charge in [0.1, 0.15) is 17.1 Å². The van der Waals surface area contributed by atoms with Gasteiger partial charge in [-0.25, -0.2) is 14.5 Å². The van der Waals surface area contributed by atoms with E-state index in [9.17, 15) is 14.7 Å². The summed E-state index contributed by atoms with van der Waals surface area (Å²) >= 11 is 4.61. The SMILES string of the molecule is CSCCn1nnnc1SCC1=C(C(=O)O)N2C(=O)C(Nc3ncc[nH]3)[C@@H]2SC1. The summed E-state index contributed by atoms with van der Waals surface area (Å²) < 4.78 is 1.71. The smallest absolute Gasteiger partial charge is 0.352 e. The predicted octanol–water partition coefficient (Wildman–Crippen LogP) is 0.586. The number of thioether (sulfide) groups is 3. The first-order chi connectivity index (χ1) is 14.1. The van der Waals surface area contributed by atoms with Crippen LogP contribution in [0.2, 0.25) is 0 Å². The van der Waals surface area contributed by atoms with Gasteiger partial charge in [0.25, 0.3) is 5.91 Å².